The van der Waals surface area contributed by atoms with Crippen molar-refractivity contribution >= 4 is 21.4 Å². The van der Waals surface area contributed by atoms with Gasteiger partial charge in [-0.15, -0.1) is 11.3 Å². The van der Waals surface area contributed by atoms with Crippen molar-refractivity contribution < 1.29 is 13.2 Å². The van der Waals surface area contributed by atoms with E-state index >= 15 is 0 Å². The number of thiophene rings is 1. The number of hydrogen-bond donors (Lipinski definition) is 1. The minimum Gasteiger partial charge on any atom is -0.457 e. The van der Waals surface area contributed by atoms with Crippen LogP contribution in [0, 0.1) is 6.92 Å². The van der Waals surface area contributed by atoms with Gasteiger partial charge in [0.1, 0.15) is 11.5 Å². The lowest BCUT2D eigenvalue weighted by Gasteiger charge is -2.37. The van der Waals surface area contributed by atoms with Gasteiger partial charge in [0.05, 0.1) is 10.9 Å². The number of likely N-dealkylation sites (N-methyl/N-ethyl adjacent to an activating group) is 1. The molecule has 0 spiro atoms. The van der Waals surface area contributed by atoms with Crippen LogP contribution < -0.4 is 9.46 Å². The summed E-state index contributed by atoms with van der Waals surface area (Å²) in [6.07, 6.45) is 0. The van der Waals surface area contributed by atoms with Crippen molar-refractivity contribution in [1.29, 1.82) is 0 Å². The maximum absolute atomic E-state index is 13.0. The van der Waals surface area contributed by atoms with Crippen LogP contribution in [0.25, 0.3) is 0 Å². The van der Waals surface area contributed by atoms with Crippen LogP contribution in [-0.2, 0) is 10.0 Å². The summed E-state index contributed by atoms with van der Waals surface area (Å²) in [5.74, 6) is 1.31. The van der Waals surface area contributed by atoms with Crippen LogP contribution in [0.1, 0.15) is 15.8 Å². The quantitative estimate of drug-likeness (QED) is 0.536. The van der Waals surface area contributed by atoms with Crippen molar-refractivity contribution in [2.45, 2.75) is 17.9 Å². The number of piperazine rings is 1. The highest BCUT2D eigenvalue weighted by molar-refractivity contribution is 7.89. The summed E-state index contributed by atoms with van der Waals surface area (Å²) in [6, 6.07) is 20.2. The lowest BCUT2D eigenvalue weighted by Crippen LogP contribution is -2.48. The van der Waals surface area contributed by atoms with Crippen LogP contribution in [0.2, 0.25) is 0 Å². The highest BCUT2D eigenvalue weighted by Crippen LogP contribution is 2.29. The zero-order valence-corrected chi connectivity index (χ0v) is 20.0. The van der Waals surface area contributed by atoms with E-state index < -0.39 is 10.0 Å². The standard InChI is InChI=1S/C24H29N3O3S2/c1-19-8-13-24(31-19)23(27-16-14-26(2)15-17-27)18-25-32(28,29)22-11-9-21(10-12-22)30-20-6-4-3-5-7-20/h3-13,23,25H,14-18H2,1-2H3. The first-order chi connectivity index (χ1) is 15.4. The van der Waals surface area contributed by atoms with Crippen molar-refractivity contribution in [3.8, 4) is 11.5 Å². The number of nitrogens with zero attached hydrogens (tertiary/aromatic N) is 2. The Morgan fingerprint density at radius 1 is 0.938 bits per heavy atom. The Morgan fingerprint density at radius 2 is 1.59 bits per heavy atom. The molecule has 6 nitrogen and oxygen atoms in total. The smallest absolute Gasteiger partial charge is 0.240 e. The second-order valence-electron chi connectivity index (χ2n) is 8.04. The third-order valence-corrected chi connectivity index (χ3v) is 8.19. The molecule has 0 bridgehead atoms. The molecule has 32 heavy (non-hydrogen) atoms. The summed E-state index contributed by atoms with van der Waals surface area (Å²) in [6.45, 7) is 6.23. The van der Waals surface area contributed by atoms with Crippen molar-refractivity contribution in [3.05, 3.63) is 76.5 Å². The van der Waals surface area contributed by atoms with Gasteiger partial charge in [0.25, 0.3) is 0 Å². The molecule has 0 aliphatic carbocycles. The van der Waals surface area contributed by atoms with Gasteiger partial charge in [-0.1, -0.05) is 18.2 Å². The fourth-order valence-corrected chi connectivity index (χ4v) is 5.81. The van der Waals surface area contributed by atoms with Gasteiger partial charge in [0.2, 0.25) is 10.0 Å². The molecule has 0 radical (unpaired) electrons. The molecule has 0 saturated carbocycles. The fraction of sp³-hybridized carbons (Fsp3) is 0.333. The first-order valence-corrected chi connectivity index (χ1v) is 13.0. The van der Waals surface area contributed by atoms with Crippen LogP contribution in [0.5, 0.6) is 11.5 Å². The van der Waals surface area contributed by atoms with E-state index in [2.05, 4.69) is 40.6 Å². The molecular weight excluding hydrogens is 442 g/mol. The average molecular weight is 472 g/mol. The van der Waals surface area contributed by atoms with E-state index in [1.54, 1.807) is 35.6 Å². The van der Waals surface area contributed by atoms with E-state index in [4.69, 9.17) is 4.74 Å². The first kappa shape index (κ1) is 22.9. The number of hydrogen-bond acceptors (Lipinski definition) is 6. The van der Waals surface area contributed by atoms with Crippen LogP contribution in [0.4, 0.5) is 0 Å². The molecule has 4 rings (SSSR count). The summed E-state index contributed by atoms with van der Waals surface area (Å²) < 4.78 is 34.6. The zero-order chi connectivity index (χ0) is 22.6. The summed E-state index contributed by atoms with van der Waals surface area (Å²) in [7, 11) is -1.51. The monoisotopic (exact) mass is 471 g/mol. The highest BCUT2D eigenvalue weighted by Gasteiger charge is 2.27. The van der Waals surface area contributed by atoms with Gasteiger partial charge in [-0.25, -0.2) is 13.1 Å². The Morgan fingerprint density at radius 3 is 2.22 bits per heavy atom. The Balaban J connectivity index is 1.45. The summed E-state index contributed by atoms with van der Waals surface area (Å²) in [4.78, 5) is 7.34. The Labute approximate surface area is 194 Å². The molecule has 2 aromatic carbocycles. The van der Waals surface area contributed by atoms with Crippen molar-refractivity contribution in [2.75, 3.05) is 39.8 Å². The van der Waals surface area contributed by atoms with Crippen LogP contribution in [-0.4, -0.2) is 58.0 Å². The summed E-state index contributed by atoms with van der Waals surface area (Å²) in [5, 5.41) is 0. The van der Waals surface area contributed by atoms with E-state index in [0.29, 0.717) is 18.0 Å². The van der Waals surface area contributed by atoms with Crippen LogP contribution in [0.15, 0.2) is 71.6 Å². The third kappa shape index (κ3) is 5.76. The van der Waals surface area contributed by atoms with E-state index in [-0.39, 0.29) is 10.9 Å². The molecule has 8 heteroatoms. The molecule has 1 unspecified atom stereocenters. The van der Waals surface area contributed by atoms with E-state index in [1.807, 2.05) is 30.3 Å². The van der Waals surface area contributed by atoms with Crippen molar-refractivity contribution in [3.63, 3.8) is 0 Å². The SMILES string of the molecule is Cc1ccc(C(CNS(=O)(=O)c2ccc(Oc3ccccc3)cc2)N2CCN(C)CC2)s1. The molecule has 1 aliphatic heterocycles. The number of para-hydroxylation sites is 1. The molecular formula is C24H29N3O3S2. The Hall–Kier alpha value is -2.23. The number of rotatable bonds is 8. The Bertz CT molecular complexity index is 1110. The number of aryl methyl sites for hydroxylation is 1. The second kappa shape index (κ2) is 10.1. The van der Waals surface area contributed by atoms with Gasteiger partial charge in [-0.2, -0.15) is 0 Å². The minimum absolute atomic E-state index is 0.0258. The lowest BCUT2D eigenvalue weighted by molar-refractivity contribution is 0.114. The van der Waals surface area contributed by atoms with Crippen molar-refractivity contribution in [2.24, 2.45) is 0 Å². The summed E-state index contributed by atoms with van der Waals surface area (Å²) in [5.41, 5.74) is 0. The normalized spacial score (nSPS) is 16.7. The van der Waals surface area contributed by atoms with Gasteiger partial charge in [0, 0.05) is 42.5 Å². The predicted octanol–water partition coefficient (Wildman–Crippen LogP) is 4.12. The topological polar surface area (TPSA) is 61.9 Å². The van der Waals surface area contributed by atoms with E-state index in [0.717, 1.165) is 26.2 Å². The molecule has 1 N–H and O–H groups in total. The molecule has 0 amide bonds. The van der Waals surface area contributed by atoms with Gasteiger partial charge in [-0.3, -0.25) is 4.90 Å². The molecule has 2 heterocycles. The maximum Gasteiger partial charge on any atom is 0.240 e. The third-order valence-electron chi connectivity index (χ3n) is 5.65. The maximum atomic E-state index is 13.0. The van der Waals surface area contributed by atoms with Crippen LogP contribution >= 0.6 is 11.3 Å². The average Bonchev–Trinajstić information content (AvgIpc) is 3.22. The fourth-order valence-electron chi connectivity index (χ4n) is 3.76. The highest BCUT2D eigenvalue weighted by atomic mass is 32.2. The molecule has 1 atom stereocenters. The predicted molar refractivity (Wildman–Crippen MR) is 129 cm³/mol. The molecule has 1 aromatic heterocycles. The van der Waals surface area contributed by atoms with Crippen molar-refractivity contribution in [1.82, 2.24) is 14.5 Å². The number of sulfonamides is 1. The minimum atomic E-state index is -3.63. The van der Waals surface area contributed by atoms with E-state index in [1.165, 1.54) is 9.75 Å². The number of benzene rings is 2. The lowest BCUT2D eigenvalue weighted by atomic mass is 10.1. The molecule has 170 valence electrons. The van der Waals surface area contributed by atoms with Gasteiger partial charge >= 0.3 is 0 Å². The van der Waals surface area contributed by atoms with Gasteiger partial charge in [0.15, 0.2) is 0 Å². The molecule has 1 fully saturated rings. The molecule has 1 saturated heterocycles. The first-order valence-electron chi connectivity index (χ1n) is 10.7. The van der Waals surface area contributed by atoms with Gasteiger partial charge in [-0.05, 0) is 62.5 Å². The summed E-state index contributed by atoms with van der Waals surface area (Å²) >= 11 is 1.73. The number of nitrogens with one attached hydrogen (secondary N) is 1. The number of ether oxygens (including phenoxy) is 1. The zero-order valence-electron chi connectivity index (χ0n) is 18.4. The van der Waals surface area contributed by atoms with Crippen LogP contribution in [0.3, 0.4) is 0 Å². The Kier molecular flexibility index (Phi) is 7.27. The van der Waals surface area contributed by atoms with E-state index in [9.17, 15) is 8.42 Å². The molecule has 1 aliphatic rings. The second-order valence-corrected chi connectivity index (χ2v) is 11.1. The largest absolute Gasteiger partial charge is 0.457 e. The molecule has 3 aromatic rings. The van der Waals surface area contributed by atoms with Gasteiger partial charge < -0.3 is 9.64 Å².